The van der Waals surface area contributed by atoms with Gasteiger partial charge in [0.2, 0.25) is 0 Å². The predicted molar refractivity (Wildman–Crippen MR) is 53.3 cm³/mol. The Morgan fingerprint density at radius 3 is 3.00 bits per heavy atom. The molecule has 3 nitrogen and oxygen atoms in total. The van der Waals surface area contributed by atoms with E-state index in [-0.39, 0.29) is 0 Å². The average Bonchev–Trinajstić information content (AvgIpc) is 2.29. The molecule has 1 aliphatic rings. The van der Waals surface area contributed by atoms with Crippen LogP contribution < -0.4 is 4.74 Å². The van der Waals surface area contributed by atoms with Crippen molar-refractivity contribution >= 4 is 0 Å². The van der Waals surface area contributed by atoms with Crippen molar-refractivity contribution < 1.29 is 9.47 Å². The summed E-state index contributed by atoms with van der Waals surface area (Å²) in [5.74, 6) is 1.50. The third-order valence-corrected chi connectivity index (χ3v) is 2.46. The van der Waals surface area contributed by atoms with E-state index in [2.05, 4.69) is 4.98 Å². The molecule has 1 aromatic heterocycles. The molecule has 76 valence electrons. The summed E-state index contributed by atoms with van der Waals surface area (Å²) in [5, 5.41) is 0. The van der Waals surface area contributed by atoms with E-state index in [1.54, 1.807) is 12.4 Å². The summed E-state index contributed by atoms with van der Waals surface area (Å²) in [4.78, 5) is 4.00. The van der Waals surface area contributed by atoms with Gasteiger partial charge in [0, 0.05) is 19.4 Å². The minimum absolute atomic E-state index is 0.643. The quantitative estimate of drug-likeness (QED) is 0.734. The van der Waals surface area contributed by atoms with Gasteiger partial charge in [-0.05, 0) is 30.9 Å². The van der Waals surface area contributed by atoms with E-state index in [9.17, 15) is 0 Å². The molecule has 0 saturated carbocycles. The summed E-state index contributed by atoms with van der Waals surface area (Å²) in [7, 11) is 0. The molecule has 0 radical (unpaired) electrons. The standard InChI is InChI=1S/C11H15NO2/c1-2-11(8-12-5-1)14-9-10-3-6-13-7-4-10/h1-2,5,8,10H,3-4,6-7,9H2. The second-order valence-corrected chi connectivity index (χ2v) is 3.56. The SMILES string of the molecule is c1cncc(OCC2CCOCC2)c1. The highest BCUT2D eigenvalue weighted by molar-refractivity contribution is 5.15. The summed E-state index contributed by atoms with van der Waals surface area (Å²) < 4.78 is 10.9. The Balaban J connectivity index is 1.76. The van der Waals surface area contributed by atoms with Crippen LogP contribution >= 0.6 is 0 Å². The molecular formula is C11H15NO2. The lowest BCUT2D eigenvalue weighted by Crippen LogP contribution is -2.21. The fourth-order valence-corrected chi connectivity index (χ4v) is 1.56. The van der Waals surface area contributed by atoms with Gasteiger partial charge in [0.25, 0.3) is 0 Å². The fourth-order valence-electron chi connectivity index (χ4n) is 1.56. The summed E-state index contributed by atoms with van der Waals surface area (Å²) in [6.07, 6.45) is 5.72. The van der Waals surface area contributed by atoms with Gasteiger partial charge in [-0.25, -0.2) is 0 Å². The van der Waals surface area contributed by atoms with Gasteiger partial charge in [-0.1, -0.05) is 0 Å². The van der Waals surface area contributed by atoms with Crippen molar-refractivity contribution in [2.45, 2.75) is 12.8 Å². The van der Waals surface area contributed by atoms with E-state index < -0.39 is 0 Å². The van der Waals surface area contributed by atoms with E-state index in [0.717, 1.165) is 38.4 Å². The van der Waals surface area contributed by atoms with Crippen molar-refractivity contribution in [2.24, 2.45) is 5.92 Å². The second-order valence-electron chi connectivity index (χ2n) is 3.56. The zero-order valence-corrected chi connectivity index (χ0v) is 8.19. The number of hydrogen-bond acceptors (Lipinski definition) is 3. The number of aromatic nitrogens is 1. The summed E-state index contributed by atoms with van der Waals surface area (Å²) in [6.45, 7) is 2.54. The van der Waals surface area contributed by atoms with Crippen LogP contribution in [0.4, 0.5) is 0 Å². The van der Waals surface area contributed by atoms with Crippen LogP contribution in [-0.4, -0.2) is 24.8 Å². The first kappa shape index (κ1) is 9.46. The van der Waals surface area contributed by atoms with E-state index in [1.165, 1.54) is 0 Å². The van der Waals surface area contributed by atoms with Crippen LogP contribution in [0.25, 0.3) is 0 Å². The largest absolute Gasteiger partial charge is 0.492 e. The highest BCUT2D eigenvalue weighted by Gasteiger charge is 2.14. The molecular weight excluding hydrogens is 178 g/mol. The molecule has 0 unspecified atom stereocenters. The maximum absolute atomic E-state index is 5.63. The van der Waals surface area contributed by atoms with Gasteiger partial charge >= 0.3 is 0 Å². The van der Waals surface area contributed by atoms with E-state index in [0.29, 0.717) is 5.92 Å². The zero-order valence-electron chi connectivity index (χ0n) is 8.19. The van der Waals surface area contributed by atoms with Gasteiger partial charge in [0.1, 0.15) is 5.75 Å². The van der Waals surface area contributed by atoms with Crippen LogP contribution in [-0.2, 0) is 4.74 Å². The van der Waals surface area contributed by atoms with Gasteiger partial charge in [-0.15, -0.1) is 0 Å². The van der Waals surface area contributed by atoms with Crippen molar-refractivity contribution in [1.29, 1.82) is 0 Å². The molecule has 1 aromatic rings. The summed E-state index contributed by atoms with van der Waals surface area (Å²) in [5.41, 5.74) is 0. The smallest absolute Gasteiger partial charge is 0.137 e. The zero-order chi connectivity index (χ0) is 9.64. The van der Waals surface area contributed by atoms with Crippen molar-refractivity contribution in [3.8, 4) is 5.75 Å². The molecule has 1 saturated heterocycles. The van der Waals surface area contributed by atoms with Crippen molar-refractivity contribution in [2.75, 3.05) is 19.8 Å². The van der Waals surface area contributed by atoms with Crippen LogP contribution in [0.2, 0.25) is 0 Å². The van der Waals surface area contributed by atoms with Crippen molar-refractivity contribution in [3.63, 3.8) is 0 Å². The normalized spacial score (nSPS) is 18.0. The molecule has 1 aliphatic heterocycles. The maximum Gasteiger partial charge on any atom is 0.137 e. The number of nitrogens with zero attached hydrogens (tertiary/aromatic N) is 1. The number of rotatable bonds is 3. The van der Waals surface area contributed by atoms with E-state index in [1.807, 2.05) is 12.1 Å². The minimum Gasteiger partial charge on any atom is -0.492 e. The van der Waals surface area contributed by atoms with Gasteiger partial charge < -0.3 is 9.47 Å². The molecule has 0 atom stereocenters. The molecule has 0 bridgehead atoms. The third kappa shape index (κ3) is 2.70. The first-order chi connectivity index (χ1) is 6.95. The summed E-state index contributed by atoms with van der Waals surface area (Å²) in [6, 6.07) is 3.83. The van der Waals surface area contributed by atoms with Crippen LogP contribution in [0.15, 0.2) is 24.5 Å². The molecule has 0 N–H and O–H groups in total. The lowest BCUT2D eigenvalue weighted by Gasteiger charge is -2.21. The Labute approximate surface area is 84.1 Å². The Kier molecular flexibility index (Phi) is 3.35. The maximum atomic E-state index is 5.63. The van der Waals surface area contributed by atoms with Crippen LogP contribution in [0.3, 0.4) is 0 Å². The van der Waals surface area contributed by atoms with Gasteiger partial charge in [0.15, 0.2) is 0 Å². The topological polar surface area (TPSA) is 31.4 Å². The lowest BCUT2D eigenvalue weighted by atomic mass is 10.0. The molecule has 2 heterocycles. The van der Waals surface area contributed by atoms with Crippen LogP contribution in [0, 0.1) is 5.92 Å². The van der Waals surface area contributed by atoms with Crippen molar-refractivity contribution in [3.05, 3.63) is 24.5 Å². The molecule has 0 spiro atoms. The lowest BCUT2D eigenvalue weighted by molar-refractivity contribution is 0.0497. The molecule has 2 rings (SSSR count). The molecule has 14 heavy (non-hydrogen) atoms. The van der Waals surface area contributed by atoms with Crippen molar-refractivity contribution in [1.82, 2.24) is 4.98 Å². The second kappa shape index (κ2) is 4.96. The van der Waals surface area contributed by atoms with Crippen LogP contribution in [0.5, 0.6) is 5.75 Å². The Morgan fingerprint density at radius 2 is 2.29 bits per heavy atom. The number of hydrogen-bond donors (Lipinski definition) is 0. The minimum atomic E-state index is 0.643. The predicted octanol–water partition coefficient (Wildman–Crippen LogP) is 1.89. The molecule has 0 amide bonds. The number of ether oxygens (including phenoxy) is 2. The first-order valence-electron chi connectivity index (χ1n) is 5.06. The molecule has 0 aliphatic carbocycles. The third-order valence-electron chi connectivity index (χ3n) is 2.46. The highest BCUT2D eigenvalue weighted by atomic mass is 16.5. The molecule has 1 fully saturated rings. The fraction of sp³-hybridized carbons (Fsp3) is 0.545. The van der Waals surface area contributed by atoms with Gasteiger partial charge in [0.05, 0.1) is 12.8 Å². The first-order valence-corrected chi connectivity index (χ1v) is 5.06. The van der Waals surface area contributed by atoms with E-state index in [4.69, 9.17) is 9.47 Å². The Hall–Kier alpha value is -1.09. The molecule has 3 heteroatoms. The van der Waals surface area contributed by atoms with E-state index >= 15 is 0 Å². The Bertz CT molecular complexity index is 257. The average molecular weight is 193 g/mol. The van der Waals surface area contributed by atoms with Gasteiger partial charge in [-0.2, -0.15) is 0 Å². The Morgan fingerprint density at radius 1 is 1.43 bits per heavy atom. The van der Waals surface area contributed by atoms with Crippen LogP contribution in [0.1, 0.15) is 12.8 Å². The number of pyridine rings is 1. The monoisotopic (exact) mass is 193 g/mol. The van der Waals surface area contributed by atoms with Gasteiger partial charge in [-0.3, -0.25) is 4.98 Å². The summed E-state index contributed by atoms with van der Waals surface area (Å²) >= 11 is 0. The molecule has 0 aromatic carbocycles. The highest BCUT2D eigenvalue weighted by Crippen LogP contribution is 2.16.